The molecule has 0 aliphatic carbocycles. The Morgan fingerprint density at radius 1 is 1.29 bits per heavy atom. The summed E-state index contributed by atoms with van der Waals surface area (Å²) in [6.07, 6.45) is 2.05. The van der Waals surface area contributed by atoms with Gasteiger partial charge in [0.1, 0.15) is 10.6 Å². The number of ether oxygens (including phenoxy) is 1. The van der Waals surface area contributed by atoms with Gasteiger partial charge in [0.25, 0.3) is 0 Å². The predicted molar refractivity (Wildman–Crippen MR) is 92.8 cm³/mol. The van der Waals surface area contributed by atoms with Crippen molar-refractivity contribution in [2.75, 3.05) is 38.6 Å². The molecule has 134 valence electrons. The van der Waals surface area contributed by atoms with Gasteiger partial charge in [-0.3, -0.25) is 4.79 Å². The predicted octanol–water partition coefficient (Wildman–Crippen LogP) is 1.42. The van der Waals surface area contributed by atoms with Crippen LogP contribution >= 0.6 is 0 Å². The van der Waals surface area contributed by atoms with Gasteiger partial charge < -0.3 is 15.4 Å². The molecule has 0 bridgehead atoms. The first-order chi connectivity index (χ1) is 11.5. The number of anilines is 1. The molecule has 24 heavy (non-hydrogen) atoms. The second-order valence-electron chi connectivity index (χ2n) is 5.61. The van der Waals surface area contributed by atoms with E-state index in [-0.39, 0.29) is 10.8 Å². The SMILES string of the molecule is CCOc1ccc(NC(=O)CCNC)cc1S(=O)(=O)N1CCCC1. The first-order valence-electron chi connectivity index (χ1n) is 8.20. The maximum Gasteiger partial charge on any atom is 0.246 e. The number of rotatable bonds is 8. The summed E-state index contributed by atoms with van der Waals surface area (Å²) in [5, 5.41) is 5.63. The van der Waals surface area contributed by atoms with E-state index in [0.717, 1.165) is 12.8 Å². The quantitative estimate of drug-likeness (QED) is 0.736. The summed E-state index contributed by atoms with van der Waals surface area (Å²) < 4.78 is 32.7. The highest BCUT2D eigenvalue weighted by molar-refractivity contribution is 7.89. The average molecular weight is 355 g/mol. The molecule has 1 heterocycles. The zero-order valence-electron chi connectivity index (χ0n) is 14.2. The molecular formula is C16H25N3O4S. The number of benzene rings is 1. The van der Waals surface area contributed by atoms with Crippen molar-refractivity contribution in [1.29, 1.82) is 0 Å². The molecule has 1 saturated heterocycles. The smallest absolute Gasteiger partial charge is 0.246 e. The zero-order valence-corrected chi connectivity index (χ0v) is 15.0. The number of carbonyl (C=O) groups is 1. The maximum atomic E-state index is 12.9. The van der Waals surface area contributed by atoms with Crippen LogP contribution in [0.15, 0.2) is 23.1 Å². The maximum absolute atomic E-state index is 12.9. The van der Waals surface area contributed by atoms with E-state index >= 15 is 0 Å². The van der Waals surface area contributed by atoms with Crippen LogP contribution in [0.1, 0.15) is 26.2 Å². The van der Waals surface area contributed by atoms with Gasteiger partial charge in [-0.25, -0.2) is 8.42 Å². The van der Waals surface area contributed by atoms with E-state index < -0.39 is 10.0 Å². The fourth-order valence-electron chi connectivity index (χ4n) is 2.59. The van der Waals surface area contributed by atoms with Gasteiger partial charge in [0.2, 0.25) is 15.9 Å². The van der Waals surface area contributed by atoms with Crippen LogP contribution in [0.3, 0.4) is 0 Å². The Morgan fingerprint density at radius 3 is 2.62 bits per heavy atom. The first-order valence-corrected chi connectivity index (χ1v) is 9.64. The summed E-state index contributed by atoms with van der Waals surface area (Å²) in [6, 6.07) is 4.74. The number of carbonyl (C=O) groups excluding carboxylic acids is 1. The third-order valence-corrected chi connectivity index (χ3v) is 5.73. The monoisotopic (exact) mass is 355 g/mol. The second-order valence-corrected chi connectivity index (χ2v) is 7.51. The van der Waals surface area contributed by atoms with Crippen LogP contribution in [0, 0.1) is 0 Å². The van der Waals surface area contributed by atoms with Crippen molar-refractivity contribution < 1.29 is 17.9 Å². The Hall–Kier alpha value is -1.64. The van der Waals surface area contributed by atoms with E-state index in [9.17, 15) is 13.2 Å². The van der Waals surface area contributed by atoms with Crippen LogP contribution in [0.2, 0.25) is 0 Å². The Bertz CT molecular complexity index is 670. The van der Waals surface area contributed by atoms with Gasteiger partial charge in [-0.15, -0.1) is 0 Å². The van der Waals surface area contributed by atoms with Crippen molar-refractivity contribution in [2.45, 2.75) is 31.1 Å². The van der Waals surface area contributed by atoms with Crippen LogP contribution in [0.5, 0.6) is 5.75 Å². The summed E-state index contributed by atoms with van der Waals surface area (Å²) >= 11 is 0. The molecule has 1 aromatic rings. The summed E-state index contributed by atoms with van der Waals surface area (Å²) in [5.41, 5.74) is 0.456. The largest absolute Gasteiger partial charge is 0.492 e. The van der Waals surface area contributed by atoms with E-state index in [4.69, 9.17) is 4.74 Å². The number of nitrogens with one attached hydrogen (secondary N) is 2. The molecule has 1 amide bonds. The highest BCUT2D eigenvalue weighted by Gasteiger charge is 2.30. The molecule has 1 aromatic carbocycles. The minimum absolute atomic E-state index is 0.109. The third kappa shape index (κ3) is 4.46. The molecule has 0 aromatic heterocycles. The number of amides is 1. The molecule has 8 heteroatoms. The van der Waals surface area contributed by atoms with Crippen molar-refractivity contribution >= 4 is 21.6 Å². The van der Waals surface area contributed by atoms with E-state index in [1.807, 2.05) is 0 Å². The highest BCUT2D eigenvalue weighted by atomic mass is 32.2. The Kier molecular flexibility index (Phi) is 6.59. The van der Waals surface area contributed by atoms with Crippen molar-refractivity contribution in [3.05, 3.63) is 18.2 Å². The molecule has 0 unspecified atom stereocenters. The lowest BCUT2D eigenvalue weighted by atomic mass is 10.3. The molecule has 0 spiro atoms. The van der Waals surface area contributed by atoms with E-state index in [2.05, 4.69) is 10.6 Å². The van der Waals surface area contributed by atoms with Gasteiger partial charge in [-0.1, -0.05) is 0 Å². The van der Waals surface area contributed by atoms with Crippen molar-refractivity contribution in [3.63, 3.8) is 0 Å². The van der Waals surface area contributed by atoms with Crippen molar-refractivity contribution in [3.8, 4) is 5.75 Å². The molecule has 2 rings (SSSR count). The highest BCUT2D eigenvalue weighted by Crippen LogP contribution is 2.31. The fourth-order valence-corrected chi connectivity index (χ4v) is 4.27. The molecular weight excluding hydrogens is 330 g/mol. The number of hydrogen-bond acceptors (Lipinski definition) is 5. The zero-order chi connectivity index (χ0) is 17.6. The number of sulfonamides is 1. The Balaban J connectivity index is 2.29. The molecule has 1 aliphatic rings. The number of nitrogens with zero attached hydrogens (tertiary/aromatic N) is 1. The second kappa shape index (κ2) is 8.46. The average Bonchev–Trinajstić information content (AvgIpc) is 3.10. The normalized spacial score (nSPS) is 15.4. The minimum Gasteiger partial charge on any atom is -0.492 e. The van der Waals surface area contributed by atoms with Gasteiger partial charge >= 0.3 is 0 Å². The van der Waals surface area contributed by atoms with E-state index in [1.165, 1.54) is 10.4 Å². The third-order valence-electron chi connectivity index (χ3n) is 3.81. The van der Waals surface area contributed by atoms with Crippen molar-refractivity contribution in [1.82, 2.24) is 9.62 Å². The topological polar surface area (TPSA) is 87.7 Å². The van der Waals surface area contributed by atoms with Crippen LogP contribution in [-0.2, 0) is 14.8 Å². The number of hydrogen-bond donors (Lipinski definition) is 2. The summed E-state index contributed by atoms with van der Waals surface area (Å²) in [4.78, 5) is 12.0. The Morgan fingerprint density at radius 2 is 2.00 bits per heavy atom. The molecule has 0 saturated carbocycles. The van der Waals surface area contributed by atoms with Crippen LogP contribution in [0.25, 0.3) is 0 Å². The molecule has 7 nitrogen and oxygen atoms in total. The van der Waals surface area contributed by atoms with Gasteiger partial charge in [-0.2, -0.15) is 4.31 Å². The summed E-state index contributed by atoms with van der Waals surface area (Å²) in [6.45, 7) is 3.77. The lowest BCUT2D eigenvalue weighted by molar-refractivity contribution is -0.116. The molecule has 1 fully saturated rings. The van der Waals surface area contributed by atoms with Gasteiger partial charge in [0.15, 0.2) is 0 Å². The summed E-state index contributed by atoms with van der Waals surface area (Å²) in [7, 11) is -1.85. The minimum atomic E-state index is -3.62. The lowest BCUT2D eigenvalue weighted by Crippen LogP contribution is -2.28. The molecule has 2 N–H and O–H groups in total. The van der Waals surface area contributed by atoms with Crippen molar-refractivity contribution in [2.24, 2.45) is 0 Å². The molecule has 0 radical (unpaired) electrons. The van der Waals surface area contributed by atoms with Gasteiger partial charge in [0.05, 0.1) is 6.61 Å². The van der Waals surface area contributed by atoms with E-state index in [0.29, 0.717) is 44.1 Å². The van der Waals surface area contributed by atoms with Crippen LogP contribution in [0.4, 0.5) is 5.69 Å². The fraction of sp³-hybridized carbons (Fsp3) is 0.562. The van der Waals surface area contributed by atoms with Gasteiger partial charge in [0, 0.05) is 31.7 Å². The first kappa shape index (κ1) is 18.7. The van der Waals surface area contributed by atoms with Gasteiger partial charge in [-0.05, 0) is 45.0 Å². The molecule has 0 atom stereocenters. The standard InChI is InChI=1S/C16H25N3O4S/c1-3-23-14-7-6-13(18-16(20)8-9-17-2)12-15(14)24(21,22)19-10-4-5-11-19/h6-7,12,17H,3-5,8-11H2,1-2H3,(H,18,20). The Labute approximate surface area is 143 Å². The van der Waals surface area contributed by atoms with Crippen LogP contribution in [-0.4, -0.2) is 51.9 Å². The van der Waals surface area contributed by atoms with E-state index in [1.54, 1.807) is 26.1 Å². The summed E-state index contributed by atoms with van der Waals surface area (Å²) in [5.74, 6) is 0.149. The van der Waals surface area contributed by atoms with Crippen LogP contribution < -0.4 is 15.4 Å². The lowest BCUT2D eigenvalue weighted by Gasteiger charge is -2.19. The molecule has 1 aliphatic heterocycles.